The van der Waals surface area contributed by atoms with Crippen LogP contribution in [0.1, 0.15) is 77.0 Å². The van der Waals surface area contributed by atoms with E-state index in [-0.39, 0.29) is 74.0 Å². The summed E-state index contributed by atoms with van der Waals surface area (Å²) in [4.78, 5) is 0. The number of rotatable bonds is 3. The van der Waals surface area contributed by atoms with Gasteiger partial charge in [-0.25, -0.2) is 0 Å². The van der Waals surface area contributed by atoms with Gasteiger partial charge in [-0.05, 0) is 113 Å². The Labute approximate surface area is 184 Å². The normalized spacial score (nSPS) is 49.5. The monoisotopic (exact) mass is 484 g/mol. The zero-order valence-corrected chi connectivity index (χ0v) is 18.9. The minimum absolute atomic E-state index is 0.0363. The summed E-state index contributed by atoms with van der Waals surface area (Å²) in [5, 5.41) is 2.82. The summed E-state index contributed by atoms with van der Waals surface area (Å²) >= 11 is 0. The maximum absolute atomic E-state index is 15.3. The zero-order valence-electron chi connectivity index (χ0n) is 18.0. The molecule has 8 rings (SSSR count). The standard InChI is InChI=1S/C23H31F6O2P/c24-22(25,26)21(30,23(27,28)29)32(31,19-7-13-1-14(8-19)3-15(2-13)9-19)20-10-16-4-17(11-20)6-18(5-16)12-20/h13-18,30H,1-12H2. The highest BCUT2D eigenvalue weighted by Crippen LogP contribution is 2.89. The first-order valence-corrected chi connectivity index (χ1v) is 13.9. The summed E-state index contributed by atoms with van der Waals surface area (Å²) < 4.78 is 102. The molecule has 0 radical (unpaired) electrons. The molecular formula is C23H31F6O2P. The largest absolute Gasteiger partial charge is 0.433 e. The van der Waals surface area contributed by atoms with Gasteiger partial charge in [0.1, 0.15) is 7.14 Å². The first-order chi connectivity index (χ1) is 14.7. The van der Waals surface area contributed by atoms with E-state index in [4.69, 9.17) is 0 Å². The van der Waals surface area contributed by atoms with Gasteiger partial charge in [0.05, 0.1) is 0 Å². The van der Waals surface area contributed by atoms with Crippen molar-refractivity contribution in [2.75, 3.05) is 0 Å². The minimum Gasteiger partial charge on any atom is -0.367 e. The Morgan fingerprint density at radius 2 is 0.781 bits per heavy atom. The van der Waals surface area contributed by atoms with Crippen molar-refractivity contribution in [1.29, 1.82) is 0 Å². The summed E-state index contributed by atoms with van der Waals surface area (Å²) in [5.41, 5.74) is 0. The van der Waals surface area contributed by atoms with E-state index >= 15 is 4.57 Å². The van der Waals surface area contributed by atoms with Crippen LogP contribution >= 0.6 is 7.14 Å². The lowest BCUT2D eigenvalue weighted by Crippen LogP contribution is -2.68. The molecule has 8 aliphatic carbocycles. The van der Waals surface area contributed by atoms with Crippen LogP contribution in [0.5, 0.6) is 0 Å². The Morgan fingerprint density at radius 3 is 0.969 bits per heavy atom. The molecule has 0 unspecified atom stereocenters. The van der Waals surface area contributed by atoms with Crippen LogP contribution in [0.3, 0.4) is 0 Å². The lowest BCUT2D eigenvalue weighted by atomic mass is 9.55. The van der Waals surface area contributed by atoms with Crippen LogP contribution in [0.15, 0.2) is 0 Å². The third kappa shape index (κ3) is 2.53. The highest BCUT2D eigenvalue weighted by Gasteiger charge is 2.87. The molecule has 0 heterocycles. The number of hydrogen-bond donors (Lipinski definition) is 1. The molecule has 0 aromatic carbocycles. The molecule has 0 atom stereocenters. The fraction of sp³-hybridized carbons (Fsp3) is 1.00. The van der Waals surface area contributed by atoms with Gasteiger partial charge in [0, 0.05) is 10.3 Å². The molecule has 0 aliphatic heterocycles. The highest BCUT2D eigenvalue weighted by molar-refractivity contribution is 7.68. The van der Waals surface area contributed by atoms with Crippen LogP contribution in [0.2, 0.25) is 0 Å². The maximum Gasteiger partial charge on any atom is 0.433 e. The predicted molar refractivity (Wildman–Crippen MR) is 106 cm³/mol. The van der Waals surface area contributed by atoms with Gasteiger partial charge in [-0.2, -0.15) is 26.3 Å². The van der Waals surface area contributed by atoms with Crippen LogP contribution < -0.4 is 0 Å². The summed E-state index contributed by atoms with van der Waals surface area (Å²) in [6, 6.07) is 0. The molecule has 32 heavy (non-hydrogen) atoms. The molecule has 9 heteroatoms. The van der Waals surface area contributed by atoms with Gasteiger partial charge in [0.25, 0.3) is 0 Å². The number of halogens is 6. The quantitative estimate of drug-likeness (QED) is 0.343. The lowest BCUT2D eigenvalue weighted by molar-refractivity contribution is -0.334. The van der Waals surface area contributed by atoms with E-state index in [1.165, 1.54) is 0 Å². The molecule has 0 saturated heterocycles. The first-order valence-electron chi connectivity index (χ1n) is 12.2. The van der Waals surface area contributed by atoms with Crippen molar-refractivity contribution in [2.45, 2.75) is 105 Å². The molecule has 0 spiro atoms. The van der Waals surface area contributed by atoms with Crippen molar-refractivity contribution in [3.8, 4) is 0 Å². The smallest absolute Gasteiger partial charge is 0.367 e. The van der Waals surface area contributed by atoms with Crippen molar-refractivity contribution >= 4 is 7.14 Å². The molecule has 0 aromatic rings. The fourth-order valence-corrected chi connectivity index (χ4v) is 16.8. The highest BCUT2D eigenvalue weighted by atomic mass is 31.2. The van der Waals surface area contributed by atoms with Gasteiger partial charge in [-0.1, -0.05) is 0 Å². The SMILES string of the molecule is O=P(C12CC3CC(CC(C3)C1)C2)(C12CC3CC(CC(C3)C1)C2)C(O)(C(F)(F)F)C(F)(F)F. The minimum atomic E-state index is -6.02. The Balaban J connectivity index is 1.61. The average molecular weight is 484 g/mol. The average Bonchev–Trinajstić information content (AvgIpc) is 2.62. The number of aliphatic hydroxyl groups is 1. The van der Waals surface area contributed by atoms with Crippen LogP contribution in [-0.4, -0.2) is 33.1 Å². The summed E-state index contributed by atoms with van der Waals surface area (Å²) in [6.07, 6.45) is -6.19. The van der Waals surface area contributed by atoms with E-state index in [2.05, 4.69) is 0 Å². The molecule has 8 saturated carbocycles. The number of hydrogen-bond acceptors (Lipinski definition) is 2. The van der Waals surface area contributed by atoms with Crippen molar-refractivity contribution in [3.63, 3.8) is 0 Å². The number of alkyl halides is 6. The van der Waals surface area contributed by atoms with E-state index in [1.54, 1.807) is 0 Å². The summed E-state index contributed by atoms with van der Waals surface area (Å²) in [6.45, 7) is 0. The molecule has 182 valence electrons. The molecular weight excluding hydrogens is 453 g/mol. The van der Waals surface area contributed by atoms with E-state index in [9.17, 15) is 31.4 Å². The van der Waals surface area contributed by atoms with Gasteiger partial charge in [-0.3, -0.25) is 0 Å². The summed E-state index contributed by atoms with van der Waals surface area (Å²) in [7, 11) is -5.28. The molecule has 1 N–H and O–H groups in total. The van der Waals surface area contributed by atoms with E-state index in [0.717, 1.165) is 38.5 Å². The maximum atomic E-state index is 15.3. The van der Waals surface area contributed by atoms with Crippen molar-refractivity contribution < 1.29 is 36.0 Å². The van der Waals surface area contributed by atoms with Crippen molar-refractivity contribution in [2.24, 2.45) is 35.5 Å². The Kier molecular flexibility index (Phi) is 4.38. The molecule has 8 fully saturated rings. The van der Waals surface area contributed by atoms with Gasteiger partial charge in [-0.15, -0.1) is 0 Å². The second-order valence-electron chi connectivity index (χ2n) is 12.6. The Morgan fingerprint density at radius 1 is 0.562 bits per heavy atom. The second-order valence-corrected chi connectivity index (χ2v) is 16.3. The van der Waals surface area contributed by atoms with Crippen LogP contribution in [-0.2, 0) is 4.57 Å². The summed E-state index contributed by atoms with van der Waals surface area (Å²) in [5.74, 6) is 0.218. The lowest BCUT2D eigenvalue weighted by Gasteiger charge is -2.68. The molecule has 2 nitrogen and oxygen atoms in total. The molecule has 8 bridgehead atoms. The van der Waals surface area contributed by atoms with Crippen LogP contribution in [0.4, 0.5) is 26.3 Å². The fourth-order valence-electron chi connectivity index (χ4n) is 10.6. The first kappa shape index (κ1) is 22.2. The van der Waals surface area contributed by atoms with Crippen LogP contribution in [0.25, 0.3) is 0 Å². The third-order valence-electron chi connectivity index (χ3n) is 10.6. The Hall–Kier alpha value is -0.230. The van der Waals surface area contributed by atoms with E-state index in [1.807, 2.05) is 0 Å². The van der Waals surface area contributed by atoms with Crippen LogP contribution in [0, 0.1) is 35.5 Å². The third-order valence-corrected chi connectivity index (χ3v) is 15.8. The van der Waals surface area contributed by atoms with Gasteiger partial charge in [0.15, 0.2) is 0 Å². The molecule has 8 aliphatic rings. The molecule has 0 aromatic heterocycles. The van der Waals surface area contributed by atoms with E-state index < -0.39 is 35.1 Å². The van der Waals surface area contributed by atoms with Crippen molar-refractivity contribution in [1.82, 2.24) is 0 Å². The predicted octanol–water partition coefficient (Wildman–Crippen LogP) is 7.10. The van der Waals surface area contributed by atoms with Crippen molar-refractivity contribution in [3.05, 3.63) is 0 Å². The van der Waals surface area contributed by atoms with Gasteiger partial charge >= 0.3 is 17.7 Å². The van der Waals surface area contributed by atoms with E-state index in [0.29, 0.717) is 0 Å². The Bertz CT molecular complexity index is 729. The second kappa shape index (κ2) is 6.30. The topological polar surface area (TPSA) is 37.3 Å². The molecule has 0 amide bonds. The van der Waals surface area contributed by atoms with Gasteiger partial charge < -0.3 is 9.67 Å². The zero-order chi connectivity index (χ0) is 22.9. The van der Waals surface area contributed by atoms with Gasteiger partial charge in [0.2, 0.25) is 0 Å².